The second-order valence-corrected chi connectivity index (χ2v) is 8.60. The van der Waals surface area contributed by atoms with Gasteiger partial charge >= 0.3 is 0 Å². The number of anilines is 1. The first-order valence-corrected chi connectivity index (χ1v) is 10.9. The predicted octanol–water partition coefficient (Wildman–Crippen LogP) is 2.73. The molecule has 1 amide bonds. The van der Waals surface area contributed by atoms with Crippen LogP contribution < -0.4 is 4.90 Å². The van der Waals surface area contributed by atoms with Crippen molar-refractivity contribution >= 4 is 44.4 Å². The van der Waals surface area contributed by atoms with E-state index in [1.165, 1.54) is 11.1 Å². The average Bonchev–Trinajstić information content (AvgIpc) is 3.25. The molecule has 134 valence electrons. The van der Waals surface area contributed by atoms with E-state index >= 15 is 0 Å². The zero-order valence-electron chi connectivity index (χ0n) is 14.4. The van der Waals surface area contributed by atoms with Gasteiger partial charge < -0.3 is 9.80 Å². The molecule has 0 radical (unpaired) electrons. The molecule has 7 heteroatoms. The largest absolute Gasteiger partial charge is 0.345 e. The summed E-state index contributed by atoms with van der Waals surface area (Å²) < 4.78 is 1.27. The zero-order chi connectivity index (χ0) is 17.1. The van der Waals surface area contributed by atoms with Gasteiger partial charge in [-0.2, -0.15) is 0 Å². The van der Waals surface area contributed by atoms with Crippen LogP contribution >= 0.6 is 23.1 Å². The van der Waals surface area contributed by atoms with Gasteiger partial charge in [-0.3, -0.25) is 9.69 Å². The molecule has 2 aromatic rings. The van der Waals surface area contributed by atoms with E-state index in [2.05, 4.69) is 34.1 Å². The molecule has 2 aliphatic heterocycles. The lowest BCUT2D eigenvalue weighted by Gasteiger charge is -2.34. The summed E-state index contributed by atoms with van der Waals surface area (Å²) in [6, 6.07) is 8.38. The molecule has 25 heavy (non-hydrogen) atoms. The number of amides is 1. The highest BCUT2D eigenvalue weighted by Crippen LogP contribution is 2.29. The van der Waals surface area contributed by atoms with Gasteiger partial charge in [0.1, 0.15) is 0 Å². The molecular formula is C18H24N4OS2. The lowest BCUT2D eigenvalue weighted by Crippen LogP contribution is -2.46. The average molecular weight is 377 g/mol. The van der Waals surface area contributed by atoms with E-state index in [0.29, 0.717) is 11.7 Å². The Hall–Kier alpha value is -1.31. The van der Waals surface area contributed by atoms with Gasteiger partial charge in [0.05, 0.1) is 21.8 Å². The maximum atomic E-state index is 11.6. The van der Waals surface area contributed by atoms with E-state index in [0.717, 1.165) is 62.2 Å². The van der Waals surface area contributed by atoms with Crippen LogP contribution in [0.1, 0.15) is 12.8 Å². The number of piperazine rings is 1. The van der Waals surface area contributed by atoms with Crippen molar-refractivity contribution in [2.24, 2.45) is 0 Å². The van der Waals surface area contributed by atoms with Crippen LogP contribution in [0, 0.1) is 0 Å². The van der Waals surface area contributed by atoms with Crippen LogP contribution in [0.15, 0.2) is 24.3 Å². The first-order chi connectivity index (χ1) is 12.3. The Bertz CT molecular complexity index is 694. The number of unbranched alkanes of at least 4 members (excludes halogenated alkanes) is 1. The van der Waals surface area contributed by atoms with Gasteiger partial charge in [-0.25, -0.2) is 4.98 Å². The normalized spacial score (nSPS) is 19.3. The summed E-state index contributed by atoms with van der Waals surface area (Å²) in [7, 11) is 0. The minimum atomic E-state index is 0.314. The van der Waals surface area contributed by atoms with Gasteiger partial charge in [0, 0.05) is 32.7 Å². The third-order valence-electron chi connectivity index (χ3n) is 4.90. The van der Waals surface area contributed by atoms with Gasteiger partial charge in [-0.1, -0.05) is 23.5 Å². The van der Waals surface area contributed by atoms with Crippen LogP contribution in [-0.2, 0) is 4.79 Å². The fraction of sp³-hybridized carbons (Fsp3) is 0.556. The van der Waals surface area contributed by atoms with Crippen LogP contribution in [0.2, 0.25) is 0 Å². The standard InChI is InChI=1S/C18H24N4OS2/c23-17-13-24-14-22(17)8-4-3-7-20-9-11-21(12-10-20)18-19-15-5-1-2-6-16(15)25-18/h1-2,5-6H,3-4,7-14H2. The fourth-order valence-corrected chi connectivity index (χ4v) is 5.35. The van der Waals surface area contributed by atoms with Crippen molar-refractivity contribution in [3.8, 4) is 0 Å². The minimum Gasteiger partial charge on any atom is -0.345 e. The minimum absolute atomic E-state index is 0.314. The van der Waals surface area contributed by atoms with E-state index < -0.39 is 0 Å². The Labute approximate surface area is 157 Å². The Balaban J connectivity index is 1.20. The first kappa shape index (κ1) is 17.1. The number of thiazole rings is 1. The highest BCUT2D eigenvalue weighted by Gasteiger charge is 2.21. The number of benzene rings is 1. The first-order valence-electron chi connectivity index (χ1n) is 8.98. The number of nitrogens with zero attached hydrogens (tertiary/aromatic N) is 4. The van der Waals surface area contributed by atoms with Gasteiger partial charge in [-0.05, 0) is 31.5 Å². The summed E-state index contributed by atoms with van der Waals surface area (Å²) in [4.78, 5) is 23.3. The second-order valence-electron chi connectivity index (χ2n) is 6.63. The van der Waals surface area contributed by atoms with Crippen molar-refractivity contribution in [2.45, 2.75) is 12.8 Å². The molecule has 0 N–H and O–H groups in total. The SMILES string of the molecule is O=C1CSCN1CCCCN1CCN(c2nc3ccccc3s2)CC1. The molecule has 5 nitrogen and oxygen atoms in total. The maximum Gasteiger partial charge on any atom is 0.233 e. The Morgan fingerprint density at radius 2 is 1.84 bits per heavy atom. The number of carbonyl (C=O) groups is 1. The van der Waals surface area contributed by atoms with Crippen molar-refractivity contribution < 1.29 is 4.79 Å². The summed E-state index contributed by atoms with van der Waals surface area (Å²) in [5, 5.41) is 1.16. The number of hydrogen-bond acceptors (Lipinski definition) is 6. The number of carbonyl (C=O) groups excluding carboxylic acids is 1. The molecule has 0 bridgehead atoms. The van der Waals surface area contributed by atoms with E-state index in [-0.39, 0.29) is 0 Å². The molecule has 1 aromatic heterocycles. The molecule has 2 saturated heterocycles. The zero-order valence-corrected chi connectivity index (χ0v) is 16.0. The molecule has 2 fully saturated rings. The number of rotatable bonds is 6. The molecule has 0 unspecified atom stereocenters. The summed E-state index contributed by atoms with van der Waals surface area (Å²) in [6.07, 6.45) is 2.29. The van der Waals surface area contributed by atoms with Crippen LogP contribution in [0.5, 0.6) is 0 Å². The van der Waals surface area contributed by atoms with Crippen molar-refractivity contribution in [1.29, 1.82) is 0 Å². The van der Waals surface area contributed by atoms with Gasteiger partial charge in [-0.15, -0.1) is 11.8 Å². The summed E-state index contributed by atoms with van der Waals surface area (Å²) in [5.74, 6) is 1.88. The molecule has 0 atom stereocenters. The summed E-state index contributed by atoms with van der Waals surface area (Å²) >= 11 is 3.53. The highest BCUT2D eigenvalue weighted by molar-refractivity contribution is 8.00. The number of hydrogen-bond donors (Lipinski definition) is 0. The molecule has 0 aliphatic carbocycles. The van der Waals surface area contributed by atoms with Gasteiger partial charge in [0.2, 0.25) is 5.91 Å². The predicted molar refractivity (Wildman–Crippen MR) is 107 cm³/mol. The van der Waals surface area contributed by atoms with Crippen LogP contribution in [-0.4, -0.2) is 71.6 Å². The molecule has 0 saturated carbocycles. The van der Waals surface area contributed by atoms with Gasteiger partial charge in [0.15, 0.2) is 5.13 Å². The molecule has 0 spiro atoms. The summed E-state index contributed by atoms with van der Waals surface area (Å²) in [6.45, 7) is 6.39. The Morgan fingerprint density at radius 1 is 1.04 bits per heavy atom. The fourth-order valence-electron chi connectivity index (χ4n) is 3.39. The van der Waals surface area contributed by atoms with Crippen LogP contribution in [0.4, 0.5) is 5.13 Å². The van der Waals surface area contributed by atoms with Crippen molar-refractivity contribution in [3.05, 3.63) is 24.3 Å². The topological polar surface area (TPSA) is 39.7 Å². The number of fused-ring (bicyclic) bond motifs is 1. The van der Waals surface area contributed by atoms with E-state index in [1.54, 1.807) is 23.1 Å². The van der Waals surface area contributed by atoms with Crippen LogP contribution in [0.25, 0.3) is 10.2 Å². The second kappa shape index (κ2) is 7.93. The molecular weight excluding hydrogens is 352 g/mol. The molecule has 2 aliphatic rings. The van der Waals surface area contributed by atoms with E-state index in [9.17, 15) is 4.79 Å². The van der Waals surface area contributed by atoms with Crippen LogP contribution in [0.3, 0.4) is 0 Å². The van der Waals surface area contributed by atoms with Gasteiger partial charge in [0.25, 0.3) is 0 Å². The smallest absolute Gasteiger partial charge is 0.233 e. The molecule has 3 heterocycles. The Kier molecular flexibility index (Phi) is 5.43. The maximum absolute atomic E-state index is 11.6. The number of aromatic nitrogens is 1. The van der Waals surface area contributed by atoms with Crippen molar-refractivity contribution in [3.63, 3.8) is 0 Å². The van der Waals surface area contributed by atoms with E-state index in [1.807, 2.05) is 4.90 Å². The third-order valence-corrected chi connectivity index (χ3v) is 6.95. The molecule has 1 aromatic carbocycles. The van der Waals surface area contributed by atoms with E-state index in [4.69, 9.17) is 4.98 Å². The number of para-hydroxylation sites is 1. The lowest BCUT2D eigenvalue weighted by atomic mass is 10.2. The Morgan fingerprint density at radius 3 is 2.60 bits per heavy atom. The van der Waals surface area contributed by atoms with Crippen molar-refractivity contribution in [1.82, 2.24) is 14.8 Å². The highest BCUT2D eigenvalue weighted by atomic mass is 32.2. The van der Waals surface area contributed by atoms with Crippen molar-refractivity contribution in [2.75, 3.05) is 55.8 Å². The summed E-state index contributed by atoms with van der Waals surface area (Å²) in [5.41, 5.74) is 1.11. The third kappa shape index (κ3) is 4.10. The number of thioether (sulfide) groups is 1. The lowest BCUT2D eigenvalue weighted by molar-refractivity contribution is -0.126. The quantitative estimate of drug-likeness (QED) is 0.725. The molecule has 4 rings (SSSR count). The monoisotopic (exact) mass is 376 g/mol.